The lowest BCUT2D eigenvalue weighted by molar-refractivity contribution is 0.319. The Balaban J connectivity index is 1.99. The minimum atomic E-state index is 0.634. The van der Waals surface area contributed by atoms with E-state index in [9.17, 15) is 0 Å². The summed E-state index contributed by atoms with van der Waals surface area (Å²) in [6.45, 7) is 3.83. The molecule has 0 bridgehead atoms. The summed E-state index contributed by atoms with van der Waals surface area (Å²) in [5, 5.41) is 12.4. The molecule has 5 heteroatoms. The normalized spacial score (nSPS) is 13.8. The Hall–Kier alpha value is -1.98. The molecule has 0 atom stereocenters. The lowest BCUT2D eigenvalue weighted by Crippen LogP contribution is -2.25. The van der Waals surface area contributed by atoms with E-state index >= 15 is 0 Å². The Bertz CT molecular complexity index is 758. The maximum absolute atomic E-state index is 9.08. The van der Waals surface area contributed by atoms with Crippen LogP contribution in [-0.4, -0.2) is 43.0 Å². The summed E-state index contributed by atoms with van der Waals surface area (Å²) in [4.78, 5) is 7.13. The fourth-order valence-electron chi connectivity index (χ4n) is 2.90. The molecule has 24 heavy (non-hydrogen) atoms. The molecule has 0 spiro atoms. The first-order valence-corrected chi connectivity index (χ1v) is 8.94. The quantitative estimate of drug-likeness (QED) is 0.496. The van der Waals surface area contributed by atoms with Crippen molar-refractivity contribution in [1.82, 2.24) is 4.90 Å². The van der Waals surface area contributed by atoms with Crippen molar-refractivity contribution in [2.45, 2.75) is 23.1 Å². The summed E-state index contributed by atoms with van der Waals surface area (Å²) in [5.41, 5.74) is 4.03. The lowest BCUT2D eigenvalue weighted by Gasteiger charge is -2.33. The van der Waals surface area contributed by atoms with Crippen LogP contribution in [0.15, 0.2) is 57.4 Å². The number of anilines is 2. The smallest absolute Gasteiger partial charge is 0.0837 e. The van der Waals surface area contributed by atoms with Gasteiger partial charge < -0.3 is 15.0 Å². The largest absolute Gasteiger partial charge is 0.411 e. The Labute approximate surface area is 147 Å². The number of fused-ring (bicyclic) bond motifs is 2. The summed E-state index contributed by atoms with van der Waals surface area (Å²) in [6, 6.07) is 14.8. The number of rotatable bonds is 5. The molecular formula is C19H23N3OS. The Morgan fingerprint density at radius 2 is 1.88 bits per heavy atom. The number of oxime groups is 1. The van der Waals surface area contributed by atoms with Gasteiger partial charge in [0.2, 0.25) is 0 Å². The summed E-state index contributed by atoms with van der Waals surface area (Å²) >= 11 is 1.80. The molecule has 3 rings (SSSR count). The molecule has 0 amide bonds. The second-order valence-electron chi connectivity index (χ2n) is 6.25. The first-order chi connectivity index (χ1) is 11.6. The molecule has 0 saturated carbocycles. The van der Waals surface area contributed by atoms with Crippen LogP contribution in [0, 0.1) is 0 Å². The van der Waals surface area contributed by atoms with E-state index in [0.29, 0.717) is 5.71 Å². The van der Waals surface area contributed by atoms with Gasteiger partial charge in [-0.05, 0) is 58.3 Å². The van der Waals surface area contributed by atoms with E-state index < -0.39 is 0 Å². The molecule has 4 nitrogen and oxygen atoms in total. The molecular weight excluding hydrogens is 318 g/mol. The minimum Gasteiger partial charge on any atom is -0.411 e. The first kappa shape index (κ1) is 16.9. The molecule has 1 aliphatic heterocycles. The van der Waals surface area contributed by atoms with E-state index in [2.05, 4.69) is 65.4 Å². The second kappa shape index (κ2) is 7.28. The molecule has 1 aliphatic rings. The molecule has 0 fully saturated rings. The fourth-order valence-corrected chi connectivity index (χ4v) is 3.97. The highest BCUT2D eigenvalue weighted by Crippen LogP contribution is 2.48. The predicted molar refractivity (Wildman–Crippen MR) is 101 cm³/mol. The monoisotopic (exact) mass is 341 g/mol. The topological polar surface area (TPSA) is 39.1 Å². The van der Waals surface area contributed by atoms with Gasteiger partial charge in [-0.1, -0.05) is 35.1 Å². The van der Waals surface area contributed by atoms with E-state index in [1.54, 1.807) is 11.8 Å². The highest BCUT2D eigenvalue weighted by Gasteiger charge is 2.23. The number of hydrogen-bond acceptors (Lipinski definition) is 5. The predicted octanol–water partition coefficient (Wildman–Crippen LogP) is 4.44. The van der Waals surface area contributed by atoms with E-state index in [1.807, 2.05) is 13.0 Å². The molecule has 0 unspecified atom stereocenters. The fraction of sp³-hybridized carbons (Fsp3) is 0.316. The van der Waals surface area contributed by atoms with Crippen molar-refractivity contribution >= 4 is 28.8 Å². The van der Waals surface area contributed by atoms with E-state index in [0.717, 1.165) is 25.1 Å². The number of benzene rings is 2. The van der Waals surface area contributed by atoms with Crippen LogP contribution >= 0.6 is 11.8 Å². The van der Waals surface area contributed by atoms with Crippen molar-refractivity contribution in [1.29, 1.82) is 0 Å². The van der Waals surface area contributed by atoms with Crippen LogP contribution in [0.5, 0.6) is 0 Å². The highest BCUT2D eigenvalue weighted by atomic mass is 32.2. The van der Waals surface area contributed by atoms with Crippen molar-refractivity contribution in [2.24, 2.45) is 5.16 Å². The van der Waals surface area contributed by atoms with Gasteiger partial charge in [0.15, 0.2) is 0 Å². The van der Waals surface area contributed by atoms with Crippen molar-refractivity contribution in [3.05, 3.63) is 48.0 Å². The molecule has 0 aromatic heterocycles. The molecule has 1 heterocycles. The third-order valence-corrected chi connectivity index (χ3v) is 5.31. The third kappa shape index (κ3) is 3.42. The lowest BCUT2D eigenvalue weighted by atomic mass is 10.1. The Morgan fingerprint density at radius 1 is 1.12 bits per heavy atom. The average Bonchev–Trinajstić information content (AvgIpc) is 2.59. The van der Waals surface area contributed by atoms with Gasteiger partial charge in [0.05, 0.1) is 17.1 Å². The van der Waals surface area contributed by atoms with Gasteiger partial charge in [-0.3, -0.25) is 0 Å². The van der Waals surface area contributed by atoms with Gasteiger partial charge in [-0.2, -0.15) is 0 Å². The zero-order valence-electron chi connectivity index (χ0n) is 14.4. The van der Waals surface area contributed by atoms with Gasteiger partial charge in [0.25, 0.3) is 0 Å². The van der Waals surface area contributed by atoms with Gasteiger partial charge in [0.1, 0.15) is 0 Å². The molecule has 126 valence electrons. The summed E-state index contributed by atoms with van der Waals surface area (Å²) in [5.74, 6) is 0. The van der Waals surface area contributed by atoms with Crippen molar-refractivity contribution in [3.8, 4) is 0 Å². The van der Waals surface area contributed by atoms with Crippen LogP contribution in [-0.2, 0) is 0 Å². The molecule has 0 saturated heterocycles. The third-order valence-electron chi connectivity index (χ3n) is 4.18. The second-order valence-corrected chi connectivity index (χ2v) is 7.33. The van der Waals surface area contributed by atoms with Crippen LogP contribution in [0.3, 0.4) is 0 Å². The van der Waals surface area contributed by atoms with E-state index in [4.69, 9.17) is 5.21 Å². The molecule has 2 aromatic carbocycles. The Morgan fingerprint density at radius 3 is 2.62 bits per heavy atom. The van der Waals surface area contributed by atoms with Gasteiger partial charge in [0, 0.05) is 21.9 Å². The van der Waals surface area contributed by atoms with Crippen molar-refractivity contribution in [3.63, 3.8) is 0 Å². The zero-order chi connectivity index (χ0) is 17.1. The van der Waals surface area contributed by atoms with Gasteiger partial charge in [-0.25, -0.2) is 0 Å². The van der Waals surface area contributed by atoms with E-state index in [1.165, 1.54) is 21.2 Å². The van der Waals surface area contributed by atoms with E-state index in [-0.39, 0.29) is 0 Å². The summed E-state index contributed by atoms with van der Waals surface area (Å²) in [6.07, 6.45) is 1.09. The molecule has 2 aromatic rings. The van der Waals surface area contributed by atoms with Crippen molar-refractivity contribution < 1.29 is 5.21 Å². The SMILES string of the molecule is CC(=NO)c1ccc2c(c1)N(CCCN(C)C)c1ccccc1S2. The average molecular weight is 341 g/mol. The Kier molecular flexibility index (Phi) is 5.11. The highest BCUT2D eigenvalue weighted by molar-refractivity contribution is 7.99. The summed E-state index contributed by atoms with van der Waals surface area (Å²) < 4.78 is 0. The summed E-state index contributed by atoms with van der Waals surface area (Å²) in [7, 11) is 4.21. The molecule has 1 N–H and O–H groups in total. The van der Waals surface area contributed by atoms with Crippen LogP contribution in [0.4, 0.5) is 11.4 Å². The maximum atomic E-state index is 9.08. The van der Waals surface area contributed by atoms with Gasteiger partial charge >= 0.3 is 0 Å². The number of nitrogens with zero attached hydrogens (tertiary/aromatic N) is 3. The van der Waals surface area contributed by atoms with Crippen LogP contribution in [0.2, 0.25) is 0 Å². The molecule has 0 aliphatic carbocycles. The van der Waals surface area contributed by atoms with Crippen LogP contribution in [0.1, 0.15) is 18.9 Å². The minimum absolute atomic E-state index is 0.634. The molecule has 0 radical (unpaired) electrons. The van der Waals surface area contributed by atoms with Crippen LogP contribution in [0.25, 0.3) is 0 Å². The number of para-hydroxylation sites is 1. The first-order valence-electron chi connectivity index (χ1n) is 8.12. The van der Waals surface area contributed by atoms with Crippen LogP contribution < -0.4 is 4.90 Å². The standard InChI is InChI=1S/C19H23N3OS/c1-14(20-23)15-9-10-19-17(13-15)22(12-6-11-21(2)3)16-7-4-5-8-18(16)24-19/h4-5,7-10,13,23H,6,11-12H2,1-3H3. The zero-order valence-corrected chi connectivity index (χ0v) is 15.2. The number of hydrogen-bond donors (Lipinski definition) is 1. The maximum Gasteiger partial charge on any atom is 0.0837 e. The van der Waals surface area contributed by atoms with Crippen molar-refractivity contribution in [2.75, 3.05) is 32.1 Å². The van der Waals surface area contributed by atoms with Gasteiger partial charge in [-0.15, -0.1) is 0 Å².